The predicted octanol–water partition coefficient (Wildman–Crippen LogP) is 2.47. The first-order chi connectivity index (χ1) is 11.6. The van der Waals surface area contributed by atoms with E-state index in [-0.39, 0.29) is 6.03 Å². The van der Waals surface area contributed by atoms with Crippen molar-refractivity contribution in [2.45, 2.75) is 25.4 Å². The predicted molar refractivity (Wildman–Crippen MR) is 94.3 cm³/mol. The normalized spacial score (nSPS) is 10.9. The molecule has 9 heteroatoms. The van der Waals surface area contributed by atoms with Gasteiger partial charge in [0.25, 0.3) is 0 Å². The van der Waals surface area contributed by atoms with Gasteiger partial charge in [-0.05, 0) is 25.1 Å². The number of nitrogens with one attached hydrogen (secondary N) is 4. The van der Waals surface area contributed by atoms with Gasteiger partial charge in [-0.1, -0.05) is 18.7 Å². The van der Waals surface area contributed by atoms with Crippen LogP contribution >= 0.6 is 11.8 Å². The first kappa shape index (κ1) is 16.3. The highest BCUT2D eigenvalue weighted by molar-refractivity contribution is 7.99. The number of hydrogen-bond acceptors (Lipinski definition) is 5. The molecule has 0 fully saturated rings. The first-order valence-corrected chi connectivity index (χ1v) is 8.68. The number of fused-ring (bicyclic) bond motifs is 1. The highest BCUT2D eigenvalue weighted by Gasteiger charge is 2.06. The number of carbonyl (C=O) groups is 1. The Hall–Kier alpha value is -2.55. The minimum Gasteiger partial charge on any atom is -0.342 e. The molecule has 0 aliphatic carbocycles. The lowest BCUT2D eigenvalue weighted by atomic mass is 10.3. The number of anilines is 1. The Kier molecular flexibility index (Phi) is 4.99. The van der Waals surface area contributed by atoms with Crippen LogP contribution in [0.5, 0.6) is 0 Å². The molecule has 0 bridgehead atoms. The number of H-pyrrole nitrogens is 2. The summed E-state index contributed by atoms with van der Waals surface area (Å²) in [7, 11) is 0. The van der Waals surface area contributed by atoms with Gasteiger partial charge in [-0.15, -0.1) is 5.10 Å². The molecule has 4 N–H and O–H groups in total. The van der Waals surface area contributed by atoms with Crippen LogP contribution in [0.25, 0.3) is 11.0 Å². The van der Waals surface area contributed by atoms with E-state index >= 15 is 0 Å². The summed E-state index contributed by atoms with van der Waals surface area (Å²) in [4.78, 5) is 23.8. The van der Waals surface area contributed by atoms with Gasteiger partial charge in [-0.2, -0.15) is 0 Å². The third-order valence-electron chi connectivity index (χ3n) is 3.32. The molecule has 0 spiro atoms. The maximum Gasteiger partial charge on any atom is 0.319 e. The summed E-state index contributed by atoms with van der Waals surface area (Å²) in [6.07, 6.45) is 0.847. The van der Waals surface area contributed by atoms with Crippen LogP contribution in [0.3, 0.4) is 0 Å². The minimum atomic E-state index is -0.239. The number of urea groups is 1. The fourth-order valence-electron chi connectivity index (χ4n) is 2.18. The molecule has 2 heterocycles. The zero-order chi connectivity index (χ0) is 16.9. The van der Waals surface area contributed by atoms with E-state index < -0.39 is 0 Å². The second-order valence-corrected chi connectivity index (χ2v) is 6.26. The number of aryl methyl sites for hydroxylation is 2. The molecule has 0 saturated carbocycles. The van der Waals surface area contributed by atoms with Gasteiger partial charge in [0.05, 0.1) is 11.0 Å². The smallest absolute Gasteiger partial charge is 0.319 e. The number of carbonyl (C=O) groups excluding carboxylic acids is 1. The molecule has 126 valence electrons. The number of aromatic amines is 2. The number of rotatable bonds is 6. The van der Waals surface area contributed by atoms with Gasteiger partial charge in [-0.25, -0.2) is 14.8 Å². The number of imidazole rings is 1. The number of aromatic nitrogens is 5. The zero-order valence-corrected chi connectivity index (χ0v) is 14.3. The van der Waals surface area contributed by atoms with Crippen molar-refractivity contribution in [3.05, 3.63) is 29.8 Å². The summed E-state index contributed by atoms with van der Waals surface area (Å²) in [5.41, 5.74) is 2.54. The Morgan fingerprint density at radius 1 is 1.33 bits per heavy atom. The number of nitrogens with zero attached hydrogens (tertiary/aromatic N) is 3. The Balaban J connectivity index is 1.47. The van der Waals surface area contributed by atoms with Crippen molar-refractivity contribution in [2.75, 3.05) is 17.6 Å². The summed E-state index contributed by atoms with van der Waals surface area (Å²) < 4.78 is 0. The van der Waals surface area contributed by atoms with Crippen molar-refractivity contribution in [1.82, 2.24) is 30.5 Å². The number of amides is 2. The fraction of sp³-hybridized carbons (Fsp3) is 0.333. The second-order valence-electron chi connectivity index (χ2n) is 5.20. The summed E-state index contributed by atoms with van der Waals surface area (Å²) in [6.45, 7) is 4.42. The maximum absolute atomic E-state index is 11.9. The lowest BCUT2D eigenvalue weighted by Crippen LogP contribution is -2.30. The van der Waals surface area contributed by atoms with Crippen LogP contribution in [-0.4, -0.2) is 43.5 Å². The average molecular weight is 345 g/mol. The van der Waals surface area contributed by atoms with Crippen molar-refractivity contribution >= 4 is 34.5 Å². The molecule has 1 aromatic carbocycles. The van der Waals surface area contributed by atoms with Crippen molar-refractivity contribution in [3.63, 3.8) is 0 Å². The van der Waals surface area contributed by atoms with Crippen molar-refractivity contribution in [3.8, 4) is 0 Å². The highest BCUT2D eigenvalue weighted by Crippen LogP contribution is 2.17. The lowest BCUT2D eigenvalue weighted by molar-refractivity contribution is 0.252. The maximum atomic E-state index is 11.9. The van der Waals surface area contributed by atoms with E-state index in [9.17, 15) is 4.79 Å². The third kappa shape index (κ3) is 4.05. The minimum absolute atomic E-state index is 0.239. The quantitative estimate of drug-likeness (QED) is 0.405. The summed E-state index contributed by atoms with van der Waals surface area (Å²) >= 11 is 1.49. The average Bonchev–Trinajstić information content (AvgIpc) is 3.16. The zero-order valence-electron chi connectivity index (χ0n) is 13.5. The highest BCUT2D eigenvalue weighted by atomic mass is 32.2. The molecule has 3 rings (SSSR count). The summed E-state index contributed by atoms with van der Waals surface area (Å²) in [5, 5.41) is 13.1. The molecule has 24 heavy (non-hydrogen) atoms. The van der Waals surface area contributed by atoms with Gasteiger partial charge in [0.15, 0.2) is 0 Å². The van der Waals surface area contributed by atoms with E-state index in [0.29, 0.717) is 17.5 Å². The third-order valence-corrected chi connectivity index (χ3v) is 4.17. The van der Waals surface area contributed by atoms with Crippen molar-refractivity contribution in [1.29, 1.82) is 0 Å². The second kappa shape index (κ2) is 7.35. The van der Waals surface area contributed by atoms with Crippen LogP contribution in [0.15, 0.2) is 23.4 Å². The van der Waals surface area contributed by atoms with Crippen LogP contribution in [0.1, 0.15) is 18.6 Å². The monoisotopic (exact) mass is 345 g/mol. The van der Waals surface area contributed by atoms with Gasteiger partial charge in [0.2, 0.25) is 5.16 Å². The molecule has 0 unspecified atom stereocenters. The first-order valence-electron chi connectivity index (χ1n) is 7.69. The van der Waals surface area contributed by atoms with Gasteiger partial charge in [0.1, 0.15) is 11.6 Å². The fourth-order valence-corrected chi connectivity index (χ4v) is 2.87. The van der Waals surface area contributed by atoms with E-state index in [1.165, 1.54) is 11.8 Å². The molecule has 0 saturated heterocycles. The molecule has 0 aliphatic rings. The lowest BCUT2D eigenvalue weighted by Gasteiger charge is -2.06. The molecule has 2 amide bonds. The molecular weight excluding hydrogens is 326 g/mol. The van der Waals surface area contributed by atoms with Gasteiger partial charge in [0, 0.05) is 24.4 Å². The van der Waals surface area contributed by atoms with E-state index in [1.807, 2.05) is 32.0 Å². The Bertz CT molecular complexity index is 841. The molecule has 0 radical (unpaired) electrons. The number of hydrogen-bond donors (Lipinski definition) is 4. The Morgan fingerprint density at radius 2 is 2.21 bits per heavy atom. The van der Waals surface area contributed by atoms with Gasteiger partial charge < -0.3 is 15.6 Å². The van der Waals surface area contributed by atoms with Crippen LogP contribution in [0.2, 0.25) is 0 Å². The largest absolute Gasteiger partial charge is 0.342 e. The van der Waals surface area contributed by atoms with Gasteiger partial charge in [-0.3, -0.25) is 5.10 Å². The molecule has 8 nitrogen and oxygen atoms in total. The molecule has 2 aromatic heterocycles. The van der Waals surface area contributed by atoms with Crippen molar-refractivity contribution in [2.24, 2.45) is 0 Å². The van der Waals surface area contributed by atoms with Crippen molar-refractivity contribution < 1.29 is 4.79 Å². The van der Waals surface area contributed by atoms with Crippen LogP contribution < -0.4 is 10.6 Å². The standard InChI is InChI=1S/C15H19N7OS/c1-3-13-19-11-5-4-10(8-12(11)20-13)18-14(23)16-6-7-24-15-17-9(2)21-22-15/h4-5,8H,3,6-7H2,1-2H3,(H,19,20)(H2,16,18,23)(H,17,21,22). The SMILES string of the molecule is CCc1nc2ccc(NC(=O)NCCSc3n[nH]c(C)n3)cc2[nH]1. The molecule has 3 aromatic rings. The van der Waals surface area contributed by atoms with E-state index in [1.54, 1.807) is 0 Å². The number of thioether (sulfide) groups is 1. The molecular formula is C15H19N7OS. The van der Waals surface area contributed by atoms with E-state index in [2.05, 4.69) is 35.8 Å². The number of benzene rings is 1. The Labute approximate surface area is 143 Å². The van der Waals surface area contributed by atoms with Crippen LogP contribution in [0, 0.1) is 6.92 Å². The summed E-state index contributed by atoms with van der Waals surface area (Å²) in [6, 6.07) is 5.37. The topological polar surface area (TPSA) is 111 Å². The van der Waals surface area contributed by atoms with Crippen LogP contribution in [0.4, 0.5) is 10.5 Å². The van der Waals surface area contributed by atoms with Gasteiger partial charge >= 0.3 is 6.03 Å². The molecule has 0 aliphatic heterocycles. The Morgan fingerprint density at radius 3 is 2.96 bits per heavy atom. The van der Waals surface area contributed by atoms with E-state index in [0.717, 1.165) is 34.8 Å². The van der Waals surface area contributed by atoms with Crippen LogP contribution in [-0.2, 0) is 6.42 Å². The summed E-state index contributed by atoms with van der Waals surface area (Å²) in [5.74, 6) is 2.42. The molecule has 0 atom stereocenters. The van der Waals surface area contributed by atoms with E-state index in [4.69, 9.17) is 0 Å².